The first-order valence-electron chi connectivity index (χ1n) is 6.56. The Morgan fingerprint density at radius 1 is 1.33 bits per heavy atom. The second-order valence-corrected chi connectivity index (χ2v) is 5.65. The van der Waals surface area contributed by atoms with E-state index in [9.17, 15) is 4.79 Å². The predicted octanol–water partition coefficient (Wildman–Crippen LogP) is 3.07. The Labute approximate surface area is 133 Å². The van der Waals surface area contributed by atoms with E-state index in [-0.39, 0.29) is 11.8 Å². The Hall–Kier alpha value is -1.59. The van der Waals surface area contributed by atoms with Gasteiger partial charge in [0.05, 0.1) is 0 Å². The van der Waals surface area contributed by atoms with Crippen molar-refractivity contribution in [2.45, 2.75) is 25.8 Å². The van der Waals surface area contributed by atoms with Gasteiger partial charge in [-0.15, -0.1) is 0 Å². The molecule has 0 saturated carbocycles. The molecule has 0 spiro atoms. The summed E-state index contributed by atoms with van der Waals surface area (Å²) in [6, 6.07) is 4.96. The highest BCUT2D eigenvalue weighted by molar-refractivity contribution is 6.36. The highest BCUT2D eigenvalue weighted by Gasteiger charge is 2.18. The monoisotopic (exact) mass is 326 g/mol. The molecule has 21 heavy (non-hydrogen) atoms. The molecule has 7 heteroatoms. The minimum atomic E-state index is -0.415. The van der Waals surface area contributed by atoms with Gasteiger partial charge < -0.3 is 5.32 Å². The van der Waals surface area contributed by atoms with Crippen LogP contribution in [0.3, 0.4) is 0 Å². The van der Waals surface area contributed by atoms with Crippen LogP contribution in [0.5, 0.6) is 0 Å². The molecule has 0 radical (unpaired) electrons. The third-order valence-electron chi connectivity index (χ3n) is 3.29. The largest absolute Gasteiger partial charge is 0.354 e. The molecule has 0 fully saturated rings. The number of nitrogens with one attached hydrogen (secondary N) is 1. The van der Waals surface area contributed by atoms with Gasteiger partial charge in [-0.25, -0.2) is 9.67 Å². The fourth-order valence-electron chi connectivity index (χ4n) is 2.02. The van der Waals surface area contributed by atoms with Gasteiger partial charge in [0.25, 0.3) is 0 Å². The van der Waals surface area contributed by atoms with Gasteiger partial charge in [0.1, 0.15) is 18.7 Å². The molecule has 112 valence electrons. The van der Waals surface area contributed by atoms with Crippen LogP contribution in [-0.2, 0) is 4.79 Å². The van der Waals surface area contributed by atoms with Crippen molar-refractivity contribution in [3.63, 3.8) is 0 Å². The molecule has 0 aliphatic rings. The van der Waals surface area contributed by atoms with Crippen molar-refractivity contribution in [3.05, 3.63) is 46.5 Å². The van der Waals surface area contributed by atoms with E-state index in [1.807, 2.05) is 6.92 Å². The number of halogens is 2. The number of rotatable bonds is 5. The van der Waals surface area contributed by atoms with Crippen molar-refractivity contribution in [2.75, 3.05) is 6.54 Å². The van der Waals surface area contributed by atoms with Crippen LogP contribution in [0, 0.1) is 0 Å². The Bertz CT molecular complexity index is 595. The maximum absolute atomic E-state index is 12.1. The maximum atomic E-state index is 12.1. The van der Waals surface area contributed by atoms with Crippen molar-refractivity contribution >= 4 is 29.1 Å². The van der Waals surface area contributed by atoms with Crippen LogP contribution in [0.15, 0.2) is 30.9 Å². The van der Waals surface area contributed by atoms with Crippen LogP contribution in [0.4, 0.5) is 0 Å². The van der Waals surface area contributed by atoms with Gasteiger partial charge >= 0.3 is 0 Å². The summed E-state index contributed by atoms with van der Waals surface area (Å²) in [5.41, 5.74) is 0.842. The van der Waals surface area contributed by atoms with Gasteiger partial charge in [-0.2, -0.15) is 5.10 Å². The first-order chi connectivity index (χ1) is 10.0. The SMILES string of the molecule is C[C@H](CNC(=O)[C@H](C)n1cncn1)c1c(Cl)cccc1Cl. The minimum absolute atomic E-state index is 0.0121. The second kappa shape index (κ2) is 6.91. The van der Waals surface area contributed by atoms with Gasteiger partial charge in [-0.3, -0.25) is 4.79 Å². The molecule has 1 aromatic heterocycles. The topological polar surface area (TPSA) is 59.8 Å². The smallest absolute Gasteiger partial charge is 0.244 e. The first kappa shape index (κ1) is 15.8. The highest BCUT2D eigenvalue weighted by Crippen LogP contribution is 2.30. The summed E-state index contributed by atoms with van der Waals surface area (Å²) in [4.78, 5) is 15.9. The number of amides is 1. The summed E-state index contributed by atoms with van der Waals surface area (Å²) in [5.74, 6) is -0.117. The molecule has 1 aromatic carbocycles. The molecule has 0 saturated heterocycles. The number of hydrogen-bond donors (Lipinski definition) is 1. The van der Waals surface area contributed by atoms with Crippen molar-refractivity contribution in [2.24, 2.45) is 0 Å². The number of nitrogens with zero attached hydrogens (tertiary/aromatic N) is 3. The van der Waals surface area contributed by atoms with Crippen molar-refractivity contribution < 1.29 is 4.79 Å². The lowest BCUT2D eigenvalue weighted by atomic mass is 10.0. The van der Waals surface area contributed by atoms with Crippen LogP contribution in [0.2, 0.25) is 10.0 Å². The molecule has 5 nitrogen and oxygen atoms in total. The zero-order valence-corrected chi connectivity index (χ0v) is 13.3. The number of carbonyl (C=O) groups is 1. The van der Waals surface area contributed by atoms with Gasteiger partial charge in [-0.05, 0) is 24.6 Å². The number of carbonyl (C=O) groups excluding carboxylic acids is 1. The average Bonchev–Trinajstić information content (AvgIpc) is 2.97. The van der Waals surface area contributed by atoms with E-state index in [1.165, 1.54) is 17.3 Å². The summed E-state index contributed by atoms with van der Waals surface area (Å²) in [5, 5.41) is 8.04. The minimum Gasteiger partial charge on any atom is -0.354 e. The van der Waals surface area contributed by atoms with Crippen molar-refractivity contribution in [1.29, 1.82) is 0 Å². The molecular weight excluding hydrogens is 311 g/mol. The van der Waals surface area contributed by atoms with E-state index in [0.717, 1.165) is 5.56 Å². The first-order valence-corrected chi connectivity index (χ1v) is 7.32. The molecule has 0 bridgehead atoms. The van der Waals surface area contributed by atoms with E-state index in [1.54, 1.807) is 25.1 Å². The van der Waals surface area contributed by atoms with Gasteiger partial charge in [0, 0.05) is 22.5 Å². The summed E-state index contributed by atoms with van der Waals surface area (Å²) in [6.45, 7) is 4.17. The fourth-order valence-corrected chi connectivity index (χ4v) is 2.79. The zero-order valence-electron chi connectivity index (χ0n) is 11.8. The molecule has 2 atom stereocenters. The van der Waals surface area contributed by atoms with E-state index in [4.69, 9.17) is 23.2 Å². The van der Waals surface area contributed by atoms with Crippen LogP contribution >= 0.6 is 23.2 Å². The Morgan fingerprint density at radius 3 is 2.57 bits per heavy atom. The lowest BCUT2D eigenvalue weighted by molar-refractivity contribution is -0.124. The lowest BCUT2D eigenvalue weighted by Crippen LogP contribution is -2.33. The van der Waals surface area contributed by atoms with Crippen LogP contribution < -0.4 is 5.32 Å². The number of hydrogen-bond acceptors (Lipinski definition) is 3. The molecule has 0 unspecified atom stereocenters. The normalized spacial score (nSPS) is 13.7. The van der Waals surface area contributed by atoms with E-state index >= 15 is 0 Å². The van der Waals surface area contributed by atoms with Gasteiger partial charge in [-0.1, -0.05) is 36.2 Å². The van der Waals surface area contributed by atoms with Gasteiger partial charge in [0.2, 0.25) is 5.91 Å². The van der Waals surface area contributed by atoms with E-state index in [0.29, 0.717) is 16.6 Å². The Balaban J connectivity index is 1.98. The van der Waals surface area contributed by atoms with Crippen molar-refractivity contribution in [3.8, 4) is 0 Å². The molecule has 2 aromatic rings. The molecule has 0 aliphatic carbocycles. The summed E-state index contributed by atoms with van der Waals surface area (Å²) in [7, 11) is 0. The standard InChI is InChI=1S/C14H16Cl2N4O/c1-9(13-11(15)4-3-5-12(13)16)6-18-14(21)10(2)20-8-17-7-19-20/h3-5,7-10H,6H2,1-2H3,(H,18,21)/t9-,10+/m1/s1. The second-order valence-electron chi connectivity index (χ2n) is 4.83. The molecular formula is C14H16Cl2N4O. The molecule has 1 heterocycles. The number of benzene rings is 1. The van der Waals surface area contributed by atoms with Crippen molar-refractivity contribution in [1.82, 2.24) is 20.1 Å². The number of aromatic nitrogens is 3. The predicted molar refractivity (Wildman–Crippen MR) is 82.6 cm³/mol. The highest BCUT2D eigenvalue weighted by atomic mass is 35.5. The van der Waals surface area contributed by atoms with E-state index < -0.39 is 6.04 Å². The Kier molecular flexibility index (Phi) is 5.20. The summed E-state index contributed by atoms with van der Waals surface area (Å²) < 4.78 is 1.50. The zero-order chi connectivity index (χ0) is 15.4. The van der Waals surface area contributed by atoms with Crippen LogP contribution in [0.1, 0.15) is 31.4 Å². The quantitative estimate of drug-likeness (QED) is 0.918. The van der Waals surface area contributed by atoms with Crippen LogP contribution in [0.25, 0.3) is 0 Å². The Morgan fingerprint density at radius 2 is 2.00 bits per heavy atom. The van der Waals surface area contributed by atoms with E-state index in [2.05, 4.69) is 15.4 Å². The molecule has 1 amide bonds. The summed E-state index contributed by atoms with van der Waals surface area (Å²) >= 11 is 12.3. The fraction of sp³-hybridized carbons (Fsp3) is 0.357. The maximum Gasteiger partial charge on any atom is 0.244 e. The molecule has 0 aliphatic heterocycles. The van der Waals surface area contributed by atoms with Crippen LogP contribution in [-0.4, -0.2) is 27.2 Å². The average molecular weight is 327 g/mol. The van der Waals surface area contributed by atoms with Gasteiger partial charge in [0.15, 0.2) is 0 Å². The lowest BCUT2D eigenvalue weighted by Gasteiger charge is -2.18. The molecule has 1 N–H and O–H groups in total. The third kappa shape index (κ3) is 3.74. The molecule has 2 rings (SSSR count). The summed E-state index contributed by atoms with van der Waals surface area (Å²) in [6.07, 6.45) is 2.91. The third-order valence-corrected chi connectivity index (χ3v) is 3.95.